The first-order valence-corrected chi connectivity index (χ1v) is 7.95. The van der Waals surface area contributed by atoms with E-state index in [0.717, 1.165) is 13.0 Å². The summed E-state index contributed by atoms with van der Waals surface area (Å²) in [7, 11) is 0. The molecule has 3 aromatic rings. The topological polar surface area (TPSA) is 30.2 Å². The van der Waals surface area contributed by atoms with Gasteiger partial charge in [-0.2, -0.15) is 0 Å². The molecule has 0 bridgehead atoms. The number of allylic oxidation sites excluding steroid dienone is 1. The number of aryl methyl sites for hydroxylation is 1. The number of rotatable bonds is 2. The lowest BCUT2D eigenvalue weighted by Crippen LogP contribution is -2.05. The van der Waals surface area contributed by atoms with Gasteiger partial charge in [-0.3, -0.25) is 4.79 Å². The molecule has 2 nitrogen and oxygen atoms in total. The molecule has 2 aromatic carbocycles. The normalized spacial score (nSPS) is 12.8. The summed E-state index contributed by atoms with van der Waals surface area (Å²) in [6.45, 7) is 6.86. The molecule has 1 unspecified atom stereocenters. The lowest BCUT2D eigenvalue weighted by Gasteiger charge is -2.08. The molecule has 24 heavy (non-hydrogen) atoms. The molecule has 0 aliphatic heterocycles. The molecule has 0 N–H and O–H groups in total. The van der Waals surface area contributed by atoms with Gasteiger partial charge in [0.25, 0.3) is 0 Å². The molecule has 0 radical (unpaired) electrons. The highest BCUT2D eigenvalue weighted by molar-refractivity contribution is 5.95. The molecule has 0 fully saturated rings. The zero-order chi connectivity index (χ0) is 17.9. The maximum absolute atomic E-state index is 13.7. The fourth-order valence-electron chi connectivity index (χ4n) is 2.46. The Kier molecular flexibility index (Phi) is 5.50. The second kappa shape index (κ2) is 7.39. The molecule has 4 heteroatoms. The van der Waals surface area contributed by atoms with Crippen LogP contribution >= 0.6 is 0 Å². The van der Waals surface area contributed by atoms with E-state index in [1.54, 1.807) is 43.3 Å². The molecule has 0 amide bonds. The number of para-hydroxylation sites is 1. The van der Waals surface area contributed by atoms with Crippen molar-refractivity contribution in [2.45, 2.75) is 33.9 Å². The van der Waals surface area contributed by atoms with Crippen molar-refractivity contribution < 1.29 is 13.2 Å². The third-order valence-corrected chi connectivity index (χ3v) is 3.67. The van der Waals surface area contributed by atoms with Crippen LogP contribution in [0.25, 0.3) is 28.0 Å². The van der Waals surface area contributed by atoms with Crippen LogP contribution in [-0.2, 0) is 0 Å². The summed E-state index contributed by atoms with van der Waals surface area (Å²) in [5, 5.41) is 0.693. The first-order chi connectivity index (χ1) is 11.5. The Hall–Kier alpha value is -2.49. The lowest BCUT2D eigenvalue weighted by molar-refractivity contribution is 0.353. The molecule has 1 atom stereocenters. The first kappa shape index (κ1) is 17.9. The molecule has 0 saturated heterocycles. The van der Waals surface area contributed by atoms with E-state index < -0.39 is 12.0 Å². The molecule has 0 saturated carbocycles. The average Bonchev–Trinajstić information content (AvgIpc) is 2.59. The van der Waals surface area contributed by atoms with Gasteiger partial charge in [-0.1, -0.05) is 32.0 Å². The van der Waals surface area contributed by atoms with Gasteiger partial charge in [0.05, 0.1) is 10.8 Å². The monoisotopic (exact) mass is 330 g/mol. The fourth-order valence-corrected chi connectivity index (χ4v) is 2.46. The maximum Gasteiger partial charge on any atom is 0.201 e. The molecular weight excluding hydrogens is 310 g/mol. The molecule has 0 aliphatic carbocycles. The van der Waals surface area contributed by atoms with Crippen LogP contribution in [0.15, 0.2) is 51.4 Å². The van der Waals surface area contributed by atoms with Crippen molar-refractivity contribution in [3.63, 3.8) is 0 Å². The Morgan fingerprint density at radius 3 is 2.46 bits per heavy atom. The highest BCUT2D eigenvalue weighted by Crippen LogP contribution is 2.26. The van der Waals surface area contributed by atoms with Crippen molar-refractivity contribution in [1.82, 2.24) is 0 Å². The summed E-state index contributed by atoms with van der Waals surface area (Å²) in [5.41, 5.74) is 1.63. The van der Waals surface area contributed by atoms with Gasteiger partial charge < -0.3 is 4.42 Å². The first-order valence-electron chi connectivity index (χ1n) is 7.95. The highest BCUT2D eigenvalue weighted by Gasteiger charge is 2.14. The Morgan fingerprint density at radius 2 is 1.79 bits per heavy atom. The number of hydrogen-bond donors (Lipinski definition) is 0. The van der Waals surface area contributed by atoms with E-state index in [2.05, 4.69) is 0 Å². The van der Waals surface area contributed by atoms with Crippen LogP contribution in [0.5, 0.6) is 0 Å². The van der Waals surface area contributed by atoms with Crippen LogP contribution in [-0.4, -0.2) is 6.17 Å². The summed E-state index contributed by atoms with van der Waals surface area (Å²) in [5.74, 6) is -0.914. The summed E-state index contributed by atoms with van der Waals surface area (Å²) in [4.78, 5) is 12.7. The Bertz CT molecular complexity index is 953. The van der Waals surface area contributed by atoms with E-state index >= 15 is 0 Å². The van der Waals surface area contributed by atoms with Crippen LogP contribution < -0.4 is 5.43 Å². The third-order valence-electron chi connectivity index (χ3n) is 3.67. The second-order valence-corrected chi connectivity index (χ2v) is 5.24. The van der Waals surface area contributed by atoms with Crippen molar-refractivity contribution in [2.24, 2.45) is 0 Å². The van der Waals surface area contributed by atoms with Crippen LogP contribution in [0, 0.1) is 6.92 Å². The molecular formula is C20H20F2O2. The van der Waals surface area contributed by atoms with Gasteiger partial charge in [-0.05, 0) is 49.2 Å². The van der Waals surface area contributed by atoms with E-state index in [9.17, 15) is 13.6 Å². The zero-order valence-corrected chi connectivity index (χ0v) is 14.2. The lowest BCUT2D eigenvalue weighted by atomic mass is 10.0. The number of fused-ring (bicyclic) bond motifs is 2. The van der Waals surface area contributed by atoms with Crippen LogP contribution in [0.3, 0.4) is 0 Å². The number of benzene rings is 2. The van der Waals surface area contributed by atoms with Crippen LogP contribution in [0.2, 0.25) is 0 Å². The smallest absolute Gasteiger partial charge is 0.201 e. The molecule has 3 rings (SSSR count). The van der Waals surface area contributed by atoms with Crippen molar-refractivity contribution in [2.75, 3.05) is 0 Å². The zero-order valence-electron chi connectivity index (χ0n) is 14.2. The number of hydrogen-bond acceptors (Lipinski definition) is 2. The second-order valence-electron chi connectivity index (χ2n) is 5.24. The minimum Gasteiger partial charge on any atom is -0.456 e. The van der Waals surface area contributed by atoms with Crippen molar-refractivity contribution in [3.05, 3.63) is 63.6 Å². The predicted molar refractivity (Wildman–Crippen MR) is 95.7 cm³/mol. The molecule has 1 aromatic heterocycles. The SMILES string of the molecule is CC.Cc1ccc2oc3ccccc3c(=O)c2c1/C=C(/F)C(C)F. The van der Waals surface area contributed by atoms with Gasteiger partial charge in [0.2, 0.25) is 5.43 Å². The Labute approximate surface area is 139 Å². The van der Waals surface area contributed by atoms with Crippen molar-refractivity contribution in [1.29, 1.82) is 0 Å². The quantitative estimate of drug-likeness (QED) is 0.544. The fraction of sp³-hybridized carbons (Fsp3) is 0.250. The van der Waals surface area contributed by atoms with Gasteiger partial charge in [-0.25, -0.2) is 8.78 Å². The van der Waals surface area contributed by atoms with Gasteiger partial charge in [-0.15, -0.1) is 0 Å². The number of alkyl halides is 1. The molecule has 126 valence electrons. The molecule has 0 spiro atoms. The van der Waals surface area contributed by atoms with Crippen molar-refractivity contribution in [3.8, 4) is 0 Å². The Morgan fingerprint density at radius 1 is 1.12 bits per heavy atom. The summed E-state index contributed by atoms with van der Waals surface area (Å²) < 4.78 is 32.6. The minimum atomic E-state index is -1.72. The van der Waals surface area contributed by atoms with Crippen LogP contribution in [0.4, 0.5) is 8.78 Å². The summed E-state index contributed by atoms with van der Waals surface area (Å²) in [6.07, 6.45) is -0.643. The predicted octanol–water partition coefficient (Wildman–Crippen LogP) is 5.95. The largest absolute Gasteiger partial charge is 0.456 e. The average molecular weight is 330 g/mol. The van der Waals surface area contributed by atoms with Gasteiger partial charge in [0.15, 0.2) is 0 Å². The van der Waals surface area contributed by atoms with E-state index in [0.29, 0.717) is 27.7 Å². The summed E-state index contributed by atoms with van der Waals surface area (Å²) in [6, 6.07) is 10.3. The Balaban J connectivity index is 0.00000100. The highest BCUT2D eigenvalue weighted by atomic mass is 19.2. The number of halogens is 2. The van der Waals surface area contributed by atoms with Gasteiger partial charge in [0.1, 0.15) is 23.2 Å². The standard InChI is InChI=1S/C18H14F2O2.C2H6/c1-10-7-8-16-17(13(10)9-14(20)11(2)19)18(21)12-5-3-4-6-15(12)22-16;1-2/h3-9,11H,1-2H3;1-2H3/b14-9+;. The van der Waals surface area contributed by atoms with E-state index in [-0.39, 0.29) is 10.8 Å². The summed E-state index contributed by atoms with van der Waals surface area (Å²) >= 11 is 0. The van der Waals surface area contributed by atoms with E-state index in [4.69, 9.17) is 4.42 Å². The van der Waals surface area contributed by atoms with Gasteiger partial charge >= 0.3 is 0 Å². The molecule has 0 aliphatic rings. The minimum absolute atomic E-state index is 0.244. The third kappa shape index (κ3) is 3.23. The van der Waals surface area contributed by atoms with Crippen molar-refractivity contribution >= 4 is 28.0 Å². The maximum atomic E-state index is 13.7. The van der Waals surface area contributed by atoms with Gasteiger partial charge in [0, 0.05) is 0 Å². The van der Waals surface area contributed by atoms with E-state index in [1.165, 1.54) is 0 Å². The molecule has 1 heterocycles. The van der Waals surface area contributed by atoms with E-state index in [1.807, 2.05) is 13.8 Å². The van der Waals surface area contributed by atoms with Crippen LogP contribution in [0.1, 0.15) is 31.9 Å².